The predicted octanol–water partition coefficient (Wildman–Crippen LogP) is 0.895. The zero-order valence-electron chi connectivity index (χ0n) is 12.7. The van der Waals surface area contributed by atoms with Crippen LogP contribution in [0.25, 0.3) is 0 Å². The highest BCUT2D eigenvalue weighted by atomic mass is 32.2. The first-order valence-corrected chi connectivity index (χ1v) is 9.40. The SMILES string of the molecule is Cc1noc(C)c1S(=O)(=O)N1CCN(C(=O)c2cscn2)CC1. The monoisotopic (exact) mass is 356 g/mol. The molecule has 2 aromatic rings. The maximum absolute atomic E-state index is 12.7. The Hall–Kier alpha value is -1.78. The van der Waals surface area contributed by atoms with Crippen LogP contribution in [-0.2, 0) is 10.0 Å². The molecule has 2 aromatic heterocycles. The third kappa shape index (κ3) is 2.89. The number of nitrogens with zero attached hydrogens (tertiary/aromatic N) is 4. The molecule has 1 saturated heterocycles. The number of hydrogen-bond acceptors (Lipinski definition) is 7. The van der Waals surface area contributed by atoms with E-state index in [1.807, 2.05) is 0 Å². The van der Waals surface area contributed by atoms with Crippen LogP contribution in [0, 0.1) is 13.8 Å². The number of rotatable bonds is 3. The number of amides is 1. The van der Waals surface area contributed by atoms with Crippen LogP contribution in [0.1, 0.15) is 21.9 Å². The number of piperazine rings is 1. The largest absolute Gasteiger partial charge is 0.360 e. The summed E-state index contributed by atoms with van der Waals surface area (Å²) >= 11 is 1.36. The van der Waals surface area contributed by atoms with Gasteiger partial charge in [0.15, 0.2) is 5.76 Å². The van der Waals surface area contributed by atoms with Crippen LogP contribution in [0.5, 0.6) is 0 Å². The molecule has 0 saturated carbocycles. The van der Waals surface area contributed by atoms with E-state index in [1.54, 1.807) is 29.6 Å². The molecule has 0 atom stereocenters. The van der Waals surface area contributed by atoms with Gasteiger partial charge < -0.3 is 9.42 Å². The minimum absolute atomic E-state index is 0.122. The first-order chi connectivity index (χ1) is 10.9. The molecular weight excluding hydrogens is 340 g/mol. The molecule has 124 valence electrons. The van der Waals surface area contributed by atoms with Gasteiger partial charge in [-0.15, -0.1) is 11.3 Å². The number of carbonyl (C=O) groups excluding carboxylic acids is 1. The lowest BCUT2D eigenvalue weighted by Gasteiger charge is -2.33. The standard InChI is InChI=1S/C13H16N4O4S2/c1-9-12(10(2)21-15-9)23(19,20)17-5-3-16(4-6-17)13(18)11-7-22-8-14-11/h7-8H,3-6H2,1-2H3. The first-order valence-electron chi connectivity index (χ1n) is 7.01. The molecule has 3 heterocycles. The van der Waals surface area contributed by atoms with Crippen LogP contribution in [0.15, 0.2) is 20.3 Å². The number of aromatic nitrogens is 2. The van der Waals surface area contributed by atoms with E-state index in [0.717, 1.165) is 0 Å². The normalized spacial score (nSPS) is 16.7. The molecule has 1 fully saturated rings. The van der Waals surface area contributed by atoms with Crippen LogP contribution in [0.2, 0.25) is 0 Å². The van der Waals surface area contributed by atoms with Gasteiger partial charge in [-0.05, 0) is 13.8 Å². The Bertz CT molecular complexity index is 786. The predicted molar refractivity (Wildman–Crippen MR) is 82.8 cm³/mol. The van der Waals surface area contributed by atoms with Gasteiger partial charge in [-0.3, -0.25) is 4.79 Å². The lowest BCUT2D eigenvalue weighted by Crippen LogP contribution is -2.50. The lowest BCUT2D eigenvalue weighted by molar-refractivity contribution is 0.0692. The van der Waals surface area contributed by atoms with Gasteiger partial charge in [0.05, 0.1) is 5.51 Å². The van der Waals surface area contributed by atoms with Crippen molar-refractivity contribution in [1.29, 1.82) is 0 Å². The molecule has 0 aromatic carbocycles. The first kappa shape index (κ1) is 16.1. The van der Waals surface area contributed by atoms with Gasteiger partial charge in [0, 0.05) is 31.6 Å². The number of aryl methyl sites for hydroxylation is 2. The van der Waals surface area contributed by atoms with Crippen molar-refractivity contribution < 1.29 is 17.7 Å². The van der Waals surface area contributed by atoms with Crippen molar-refractivity contribution in [3.63, 3.8) is 0 Å². The fourth-order valence-corrected chi connectivity index (χ4v) is 4.82. The minimum Gasteiger partial charge on any atom is -0.360 e. The van der Waals surface area contributed by atoms with Crippen molar-refractivity contribution in [3.05, 3.63) is 28.0 Å². The second kappa shape index (κ2) is 6.02. The van der Waals surface area contributed by atoms with E-state index in [9.17, 15) is 13.2 Å². The zero-order chi connectivity index (χ0) is 16.6. The van der Waals surface area contributed by atoms with Crippen molar-refractivity contribution in [2.24, 2.45) is 0 Å². The molecule has 23 heavy (non-hydrogen) atoms. The lowest BCUT2D eigenvalue weighted by atomic mass is 10.3. The summed E-state index contributed by atoms with van der Waals surface area (Å²) in [5, 5.41) is 5.39. The molecule has 0 bridgehead atoms. The molecule has 1 aliphatic rings. The van der Waals surface area contributed by atoms with E-state index in [1.165, 1.54) is 15.6 Å². The second-order valence-electron chi connectivity index (χ2n) is 5.22. The minimum atomic E-state index is -3.66. The van der Waals surface area contributed by atoms with Crippen molar-refractivity contribution in [2.45, 2.75) is 18.7 Å². The molecule has 3 rings (SSSR count). The van der Waals surface area contributed by atoms with Crippen molar-refractivity contribution in [3.8, 4) is 0 Å². The molecule has 10 heteroatoms. The quantitative estimate of drug-likeness (QED) is 0.810. The average molecular weight is 356 g/mol. The van der Waals surface area contributed by atoms with Crippen LogP contribution in [0.3, 0.4) is 0 Å². The summed E-state index contributed by atoms with van der Waals surface area (Å²) in [6.07, 6.45) is 0. The van der Waals surface area contributed by atoms with Crippen molar-refractivity contribution >= 4 is 27.3 Å². The summed E-state index contributed by atoms with van der Waals surface area (Å²) in [6, 6.07) is 0. The topological polar surface area (TPSA) is 96.6 Å². The van der Waals surface area contributed by atoms with Gasteiger partial charge in [-0.2, -0.15) is 4.31 Å². The van der Waals surface area contributed by atoms with E-state index in [2.05, 4.69) is 10.1 Å². The van der Waals surface area contributed by atoms with E-state index in [-0.39, 0.29) is 29.7 Å². The Labute approximate surface area is 137 Å². The number of sulfonamides is 1. The van der Waals surface area contributed by atoms with Gasteiger partial charge in [0.1, 0.15) is 16.3 Å². The van der Waals surface area contributed by atoms with E-state index in [0.29, 0.717) is 24.5 Å². The second-order valence-corrected chi connectivity index (χ2v) is 7.82. The summed E-state index contributed by atoms with van der Waals surface area (Å²) in [6.45, 7) is 4.32. The summed E-state index contributed by atoms with van der Waals surface area (Å²) in [4.78, 5) is 18.0. The molecule has 0 spiro atoms. The molecule has 0 radical (unpaired) electrons. The summed E-state index contributed by atoms with van der Waals surface area (Å²) in [5.74, 6) is 0.115. The third-order valence-corrected chi connectivity index (χ3v) is 6.47. The highest BCUT2D eigenvalue weighted by Gasteiger charge is 2.34. The molecule has 1 amide bonds. The van der Waals surface area contributed by atoms with Gasteiger partial charge in [-0.25, -0.2) is 13.4 Å². The fourth-order valence-electron chi connectivity index (χ4n) is 2.58. The number of carbonyl (C=O) groups is 1. The van der Waals surface area contributed by atoms with Crippen LogP contribution < -0.4 is 0 Å². The number of thiazole rings is 1. The van der Waals surface area contributed by atoms with Crippen molar-refractivity contribution in [2.75, 3.05) is 26.2 Å². The van der Waals surface area contributed by atoms with E-state index < -0.39 is 10.0 Å². The van der Waals surface area contributed by atoms with Gasteiger partial charge >= 0.3 is 0 Å². The molecule has 0 aliphatic carbocycles. The van der Waals surface area contributed by atoms with Gasteiger partial charge in [0.25, 0.3) is 5.91 Å². The summed E-state index contributed by atoms with van der Waals surface area (Å²) < 4.78 is 31.7. The van der Waals surface area contributed by atoms with Crippen LogP contribution in [0.4, 0.5) is 0 Å². The Morgan fingerprint density at radius 2 is 1.96 bits per heavy atom. The molecule has 8 nitrogen and oxygen atoms in total. The number of hydrogen-bond donors (Lipinski definition) is 0. The van der Waals surface area contributed by atoms with Crippen molar-refractivity contribution in [1.82, 2.24) is 19.3 Å². The van der Waals surface area contributed by atoms with E-state index in [4.69, 9.17) is 4.52 Å². The fraction of sp³-hybridized carbons (Fsp3) is 0.462. The van der Waals surface area contributed by atoms with Gasteiger partial charge in [0.2, 0.25) is 10.0 Å². The summed E-state index contributed by atoms with van der Waals surface area (Å²) in [5.41, 5.74) is 2.35. The molecule has 0 N–H and O–H groups in total. The summed E-state index contributed by atoms with van der Waals surface area (Å²) in [7, 11) is -3.66. The third-order valence-electron chi connectivity index (χ3n) is 3.74. The van der Waals surface area contributed by atoms with E-state index >= 15 is 0 Å². The molecular formula is C13H16N4O4S2. The van der Waals surface area contributed by atoms with Crippen LogP contribution in [-0.4, -0.2) is 59.8 Å². The highest BCUT2D eigenvalue weighted by molar-refractivity contribution is 7.89. The zero-order valence-corrected chi connectivity index (χ0v) is 14.4. The maximum atomic E-state index is 12.7. The van der Waals surface area contributed by atoms with Gasteiger partial charge in [-0.1, -0.05) is 5.16 Å². The Morgan fingerprint density at radius 3 is 2.48 bits per heavy atom. The molecule has 0 unspecified atom stereocenters. The Kier molecular flexibility index (Phi) is 4.21. The Balaban J connectivity index is 1.73. The van der Waals surface area contributed by atoms with Crippen LogP contribution >= 0.6 is 11.3 Å². The highest BCUT2D eigenvalue weighted by Crippen LogP contribution is 2.24. The smallest absolute Gasteiger partial charge is 0.273 e. The molecule has 1 aliphatic heterocycles. The Morgan fingerprint density at radius 1 is 1.26 bits per heavy atom. The maximum Gasteiger partial charge on any atom is 0.273 e. The average Bonchev–Trinajstić information content (AvgIpc) is 3.17.